The molecule has 0 fully saturated rings. The molecular formula is C12H15ClF2N2O3S. The summed E-state index contributed by atoms with van der Waals surface area (Å²) in [5, 5.41) is 6.59. The molecule has 5 nitrogen and oxygen atoms in total. The first-order valence-corrected chi connectivity index (χ1v) is 7.86. The zero-order valence-electron chi connectivity index (χ0n) is 11.6. The minimum atomic E-state index is -4.62. The summed E-state index contributed by atoms with van der Waals surface area (Å²) in [4.78, 5) is 10.8. The molecule has 0 aliphatic carbocycles. The Bertz CT molecular complexity index is 690. The Morgan fingerprint density at radius 3 is 2.38 bits per heavy atom. The van der Waals surface area contributed by atoms with Crippen LogP contribution < -0.4 is 10.5 Å². The van der Waals surface area contributed by atoms with Gasteiger partial charge in [0.25, 0.3) is 5.91 Å². The molecule has 0 aliphatic heterocycles. The summed E-state index contributed by atoms with van der Waals surface area (Å²) >= 11 is 5.71. The zero-order valence-corrected chi connectivity index (χ0v) is 13.2. The van der Waals surface area contributed by atoms with Crippen LogP contribution in [0.15, 0.2) is 11.0 Å². The van der Waals surface area contributed by atoms with E-state index >= 15 is 0 Å². The first-order chi connectivity index (χ1) is 9.40. The summed E-state index contributed by atoms with van der Waals surface area (Å²) in [6, 6.07) is 0.535. The number of sulfonamides is 1. The Labute approximate surface area is 126 Å². The van der Waals surface area contributed by atoms with E-state index in [4.69, 9.17) is 16.7 Å². The molecule has 9 heteroatoms. The van der Waals surface area contributed by atoms with Gasteiger partial charge in [-0.2, -0.15) is 0 Å². The molecule has 118 valence electrons. The fourth-order valence-electron chi connectivity index (χ4n) is 1.46. The van der Waals surface area contributed by atoms with Crippen molar-refractivity contribution in [3.8, 4) is 0 Å². The van der Waals surface area contributed by atoms with Crippen LogP contribution in [0.5, 0.6) is 0 Å². The molecule has 0 aliphatic rings. The molecule has 0 heterocycles. The Morgan fingerprint density at radius 1 is 1.43 bits per heavy atom. The second-order valence-corrected chi connectivity index (χ2v) is 6.98. The highest BCUT2D eigenvalue weighted by molar-refractivity contribution is 7.89. The minimum Gasteiger partial charge on any atom is -0.347 e. The van der Waals surface area contributed by atoms with E-state index < -0.39 is 48.6 Å². The molecular weight excluding hydrogens is 326 g/mol. The molecule has 0 spiro atoms. The maximum atomic E-state index is 13.6. The number of carbonyl (C=O) groups excluding carboxylic acids is 1. The normalized spacial score (nSPS) is 12.3. The number of halogens is 3. The zero-order chi connectivity index (χ0) is 16.6. The number of hydrogen-bond donors (Lipinski definition) is 2. The van der Waals surface area contributed by atoms with Crippen LogP contribution in [0.1, 0.15) is 37.6 Å². The Hall–Kier alpha value is -1.25. The summed E-state index contributed by atoms with van der Waals surface area (Å²) < 4.78 is 49.6. The molecule has 0 saturated carbocycles. The van der Waals surface area contributed by atoms with Gasteiger partial charge in [-0.3, -0.25) is 4.79 Å². The van der Waals surface area contributed by atoms with E-state index in [1.54, 1.807) is 13.8 Å². The van der Waals surface area contributed by atoms with Crippen LogP contribution in [0.3, 0.4) is 0 Å². The molecule has 0 saturated heterocycles. The van der Waals surface area contributed by atoms with E-state index in [0.29, 0.717) is 12.5 Å². The molecule has 0 bridgehead atoms. The summed E-state index contributed by atoms with van der Waals surface area (Å²) in [5.41, 5.74) is -1.13. The van der Waals surface area contributed by atoms with Crippen LogP contribution in [-0.4, -0.2) is 19.9 Å². The predicted molar refractivity (Wildman–Crippen MR) is 74.6 cm³/mol. The monoisotopic (exact) mass is 340 g/mol. The van der Waals surface area contributed by atoms with Gasteiger partial charge in [0.1, 0.15) is 4.90 Å². The summed E-state index contributed by atoms with van der Waals surface area (Å²) in [7, 11) is -4.62. The van der Waals surface area contributed by atoms with Crippen LogP contribution in [0.2, 0.25) is 5.02 Å². The number of rotatable bonds is 4. The molecule has 0 aromatic heterocycles. The number of nitrogens with one attached hydrogen (secondary N) is 1. The van der Waals surface area contributed by atoms with Crippen LogP contribution in [0.25, 0.3) is 0 Å². The number of primary sulfonamides is 1. The molecule has 0 unspecified atom stereocenters. The van der Waals surface area contributed by atoms with E-state index in [2.05, 4.69) is 5.32 Å². The average molecular weight is 341 g/mol. The lowest BCUT2D eigenvalue weighted by atomic mass is 10.0. The van der Waals surface area contributed by atoms with Crippen molar-refractivity contribution in [1.82, 2.24) is 5.32 Å². The van der Waals surface area contributed by atoms with Crippen molar-refractivity contribution in [1.29, 1.82) is 0 Å². The van der Waals surface area contributed by atoms with Crippen LogP contribution in [0, 0.1) is 11.6 Å². The van der Waals surface area contributed by atoms with Crippen molar-refractivity contribution in [2.24, 2.45) is 5.14 Å². The smallest absolute Gasteiger partial charge is 0.253 e. The van der Waals surface area contributed by atoms with Crippen molar-refractivity contribution >= 4 is 27.5 Å². The standard InChI is InChI=1S/C12H15ClF2N2O3S/c1-4-12(2,3)17-11(18)6-5-7(14)9(15)10(8(6)13)21(16,19)20/h5H,4H2,1-3H3,(H,17,18)(H2,16,19,20). The largest absolute Gasteiger partial charge is 0.347 e. The maximum absolute atomic E-state index is 13.6. The molecule has 1 rings (SSSR count). The molecule has 1 amide bonds. The third-order valence-electron chi connectivity index (χ3n) is 2.98. The Morgan fingerprint density at radius 2 is 1.95 bits per heavy atom. The minimum absolute atomic E-state index is 0.499. The molecule has 0 radical (unpaired) electrons. The highest BCUT2D eigenvalue weighted by Crippen LogP contribution is 2.29. The molecule has 21 heavy (non-hydrogen) atoms. The SMILES string of the molecule is CCC(C)(C)NC(=O)c1cc(F)c(F)c(S(N)(=O)=O)c1Cl. The lowest BCUT2D eigenvalue weighted by Gasteiger charge is -2.25. The highest BCUT2D eigenvalue weighted by atomic mass is 35.5. The van der Waals surface area contributed by atoms with Gasteiger partial charge in [0.2, 0.25) is 10.0 Å². The van der Waals surface area contributed by atoms with Crippen molar-refractivity contribution in [2.45, 2.75) is 37.6 Å². The van der Waals surface area contributed by atoms with Gasteiger partial charge in [0.05, 0.1) is 10.6 Å². The van der Waals surface area contributed by atoms with Crippen molar-refractivity contribution in [3.05, 3.63) is 28.3 Å². The number of carbonyl (C=O) groups is 1. The molecule has 0 atom stereocenters. The van der Waals surface area contributed by atoms with Crippen molar-refractivity contribution in [2.75, 3.05) is 0 Å². The van der Waals surface area contributed by atoms with E-state index in [-0.39, 0.29) is 0 Å². The van der Waals surface area contributed by atoms with Gasteiger partial charge >= 0.3 is 0 Å². The van der Waals surface area contributed by atoms with Crippen LogP contribution in [-0.2, 0) is 10.0 Å². The third kappa shape index (κ3) is 3.90. The lowest BCUT2D eigenvalue weighted by Crippen LogP contribution is -2.43. The summed E-state index contributed by atoms with van der Waals surface area (Å²) in [5.74, 6) is -4.06. The quantitative estimate of drug-likeness (QED) is 0.823. The fraction of sp³-hybridized carbons (Fsp3) is 0.417. The van der Waals surface area contributed by atoms with Gasteiger partial charge in [0, 0.05) is 5.54 Å². The van der Waals surface area contributed by atoms with Gasteiger partial charge < -0.3 is 5.32 Å². The third-order valence-corrected chi connectivity index (χ3v) is 4.44. The number of benzene rings is 1. The first-order valence-electron chi connectivity index (χ1n) is 5.93. The second kappa shape index (κ2) is 5.86. The van der Waals surface area contributed by atoms with E-state index in [0.717, 1.165) is 0 Å². The highest BCUT2D eigenvalue weighted by Gasteiger charge is 2.29. The van der Waals surface area contributed by atoms with Gasteiger partial charge in [-0.05, 0) is 26.3 Å². The number of hydrogen-bond acceptors (Lipinski definition) is 3. The van der Waals surface area contributed by atoms with Crippen LogP contribution in [0.4, 0.5) is 8.78 Å². The predicted octanol–water partition coefficient (Wildman–Crippen LogP) is 2.18. The summed E-state index contributed by atoms with van der Waals surface area (Å²) in [6.45, 7) is 5.22. The van der Waals surface area contributed by atoms with Gasteiger partial charge in [0.15, 0.2) is 11.6 Å². The van der Waals surface area contributed by atoms with E-state index in [1.165, 1.54) is 0 Å². The Kier molecular flexibility index (Phi) is 4.97. The molecule has 3 N–H and O–H groups in total. The summed E-state index contributed by atoms with van der Waals surface area (Å²) in [6.07, 6.45) is 0.558. The first kappa shape index (κ1) is 17.8. The van der Waals surface area contributed by atoms with Gasteiger partial charge in [-0.15, -0.1) is 0 Å². The second-order valence-electron chi connectivity index (χ2n) is 5.10. The molecule has 1 aromatic carbocycles. The van der Waals surface area contributed by atoms with Crippen molar-refractivity contribution in [3.63, 3.8) is 0 Å². The topological polar surface area (TPSA) is 89.3 Å². The average Bonchev–Trinajstić information content (AvgIpc) is 2.31. The van der Waals surface area contributed by atoms with Crippen molar-refractivity contribution < 1.29 is 22.0 Å². The van der Waals surface area contributed by atoms with Gasteiger partial charge in [-0.25, -0.2) is 22.3 Å². The van der Waals surface area contributed by atoms with E-state index in [1.807, 2.05) is 6.92 Å². The number of nitrogens with two attached hydrogens (primary N) is 1. The lowest BCUT2D eigenvalue weighted by molar-refractivity contribution is 0.0910. The molecule has 1 aromatic rings. The number of amides is 1. The fourth-order valence-corrected chi connectivity index (χ4v) is 2.71. The van der Waals surface area contributed by atoms with E-state index in [9.17, 15) is 22.0 Å². The Balaban J connectivity index is 3.47. The van der Waals surface area contributed by atoms with Crippen LogP contribution >= 0.6 is 11.6 Å². The van der Waals surface area contributed by atoms with Gasteiger partial charge in [-0.1, -0.05) is 18.5 Å². The maximum Gasteiger partial charge on any atom is 0.253 e.